The number of carbonyl (C=O) groups excluding carboxylic acids is 1. The Kier molecular flexibility index (Phi) is 5.52. The highest BCUT2D eigenvalue weighted by Gasteiger charge is 2.22. The van der Waals surface area contributed by atoms with Gasteiger partial charge < -0.3 is 10.6 Å². The zero-order chi connectivity index (χ0) is 16.9. The highest BCUT2D eigenvalue weighted by Crippen LogP contribution is 2.25. The first-order chi connectivity index (χ1) is 11.6. The molecule has 1 saturated heterocycles. The van der Waals surface area contributed by atoms with Crippen LogP contribution in [0.15, 0.2) is 42.5 Å². The molecule has 0 aliphatic carbocycles. The lowest BCUT2D eigenvalue weighted by Crippen LogP contribution is -2.34. The van der Waals surface area contributed by atoms with E-state index in [0.717, 1.165) is 18.7 Å². The summed E-state index contributed by atoms with van der Waals surface area (Å²) in [6, 6.07) is 14.8. The van der Waals surface area contributed by atoms with Gasteiger partial charge in [-0.1, -0.05) is 43.3 Å². The number of benzene rings is 2. The Balaban J connectivity index is 1.58. The molecule has 3 rings (SSSR count). The fourth-order valence-corrected chi connectivity index (χ4v) is 3.73. The molecule has 2 atom stereocenters. The van der Waals surface area contributed by atoms with Gasteiger partial charge in [-0.3, -0.25) is 4.79 Å². The van der Waals surface area contributed by atoms with E-state index < -0.39 is 0 Å². The van der Waals surface area contributed by atoms with E-state index in [0.29, 0.717) is 18.3 Å². The summed E-state index contributed by atoms with van der Waals surface area (Å²) in [5.74, 6) is 1.30. The minimum Gasteiger partial charge on any atom is -0.350 e. The number of rotatable bonds is 5. The van der Waals surface area contributed by atoms with E-state index in [2.05, 4.69) is 66.9 Å². The lowest BCUT2D eigenvalue weighted by molar-refractivity contribution is -0.123. The van der Waals surface area contributed by atoms with Crippen LogP contribution in [0.2, 0.25) is 0 Å². The number of hydrogen-bond acceptors (Lipinski definition) is 2. The van der Waals surface area contributed by atoms with Gasteiger partial charge in [-0.05, 0) is 67.1 Å². The van der Waals surface area contributed by atoms with Crippen molar-refractivity contribution in [2.75, 3.05) is 13.1 Å². The predicted molar refractivity (Wildman–Crippen MR) is 99.9 cm³/mol. The Bertz CT molecular complexity index is 691. The molecule has 2 aromatic rings. The minimum absolute atomic E-state index is 0.0438. The van der Waals surface area contributed by atoms with Crippen molar-refractivity contribution in [3.8, 4) is 0 Å². The molecule has 3 nitrogen and oxygen atoms in total. The molecule has 1 aliphatic heterocycles. The average Bonchev–Trinajstić information content (AvgIpc) is 2.61. The molecule has 1 aliphatic rings. The average molecular weight is 324 g/mol. The zero-order valence-electron chi connectivity index (χ0n) is 14.7. The molecule has 3 heteroatoms. The molecule has 0 spiro atoms. The number of carbonyl (C=O) groups is 1. The standard InChI is InChI=1S/C21H28N2O/c1-15(17-9-11-22-12-10-17)13-21(24)23-16(2)19-8-7-18-5-3-4-6-20(18)14-19/h3-8,14-17,22H,9-13H2,1-2H3,(H,23,24). The van der Waals surface area contributed by atoms with Crippen LogP contribution in [0.4, 0.5) is 0 Å². The van der Waals surface area contributed by atoms with Gasteiger partial charge in [0.25, 0.3) is 0 Å². The minimum atomic E-state index is 0.0438. The van der Waals surface area contributed by atoms with Gasteiger partial charge in [-0.25, -0.2) is 0 Å². The van der Waals surface area contributed by atoms with Crippen LogP contribution >= 0.6 is 0 Å². The van der Waals surface area contributed by atoms with Gasteiger partial charge >= 0.3 is 0 Å². The number of hydrogen-bond donors (Lipinski definition) is 2. The molecule has 1 fully saturated rings. The molecule has 0 saturated carbocycles. The normalized spacial score (nSPS) is 18.2. The second-order valence-electron chi connectivity index (χ2n) is 7.16. The molecule has 24 heavy (non-hydrogen) atoms. The van der Waals surface area contributed by atoms with Crippen molar-refractivity contribution in [3.63, 3.8) is 0 Å². The Morgan fingerprint density at radius 3 is 2.58 bits per heavy atom. The van der Waals surface area contributed by atoms with Crippen molar-refractivity contribution in [3.05, 3.63) is 48.0 Å². The number of amides is 1. The first kappa shape index (κ1) is 17.0. The first-order valence-corrected chi connectivity index (χ1v) is 9.12. The molecule has 2 N–H and O–H groups in total. The Morgan fingerprint density at radius 1 is 1.12 bits per heavy atom. The van der Waals surface area contributed by atoms with Crippen LogP contribution < -0.4 is 10.6 Å². The maximum absolute atomic E-state index is 12.4. The Labute approximate surface area is 144 Å². The van der Waals surface area contributed by atoms with Crippen molar-refractivity contribution in [2.45, 2.75) is 39.2 Å². The molecule has 2 unspecified atom stereocenters. The van der Waals surface area contributed by atoms with E-state index in [9.17, 15) is 4.79 Å². The molecule has 2 aromatic carbocycles. The van der Waals surface area contributed by atoms with Gasteiger partial charge in [0.1, 0.15) is 0 Å². The van der Waals surface area contributed by atoms with Crippen LogP contribution in [0.3, 0.4) is 0 Å². The second-order valence-corrected chi connectivity index (χ2v) is 7.16. The van der Waals surface area contributed by atoms with Crippen LogP contribution in [-0.2, 0) is 4.79 Å². The summed E-state index contributed by atoms with van der Waals surface area (Å²) < 4.78 is 0. The highest BCUT2D eigenvalue weighted by molar-refractivity contribution is 5.83. The van der Waals surface area contributed by atoms with Gasteiger partial charge in [0.2, 0.25) is 5.91 Å². The summed E-state index contributed by atoms with van der Waals surface area (Å²) in [6.07, 6.45) is 3.01. The molecular formula is C21H28N2O. The lowest BCUT2D eigenvalue weighted by Gasteiger charge is -2.28. The van der Waals surface area contributed by atoms with Crippen molar-refractivity contribution >= 4 is 16.7 Å². The van der Waals surface area contributed by atoms with Gasteiger partial charge in [-0.15, -0.1) is 0 Å². The first-order valence-electron chi connectivity index (χ1n) is 9.12. The van der Waals surface area contributed by atoms with Gasteiger partial charge in [0, 0.05) is 6.42 Å². The Morgan fingerprint density at radius 2 is 1.83 bits per heavy atom. The third-order valence-electron chi connectivity index (χ3n) is 5.35. The fourth-order valence-electron chi connectivity index (χ4n) is 3.73. The number of piperidine rings is 1. The fraction of sp³-hybridized carbons (Fsp3) is 0.476. The van der Waals surface area contributed by atoms with Gasteiger partial charge in [0.05, 0.1) is 6.04 Å². The molecule has 1 heterocycles. The van der Waals surface area contributed by atoms with Crippen molar-refractivity contribution < 1.29 is 4.79 Å². The van der Waals surface area contributed by atoms with E-state index in [1.54, 1.807) is 0 Å². The quantitative estimate of drug-likeness (QED) is 0.871. The van der Waals surface area contributed by atoms with E-state index in [4.69, 9.17) is 0 Å². The molecular weight excluding hydrogens is 296 g/mol. The molecule has 0 radical (unpaired) electrons. The summed E-state index contributed by atoms with van der Waals surface area (Å²) in [6.45, 7) is 6.46. The van der Waals surface area contributed by atoms with Crippen LogP contribution in [-0.4, -0.2) is 19.0 Å². The summed E-state index contributed by atoms with van der Waals surface area (Å²) in [5.41, 5.74) is 1.16. The van der Waals surface area contributed by atoms with Crippen molar-refractivity contribution in [1.82, 2.24) is 10.6 Å². The highest BCUT2D eigenvalue weighted by atomic mass is 16.1. The molecule has 1 amide bonds. The topological polar surface area (TPSA) is 41.1 Å². The SMILES string of the molecule is CC(NC(=O)CC(C)C1CCNCC1)c1ccc2ccccc2c1. The largest absolute Gasteiger partial charge is 0.350 e. The number of nitrogens with one attached hydrogen (secondary N) is 2. The maximum atomic E-state index is 12.4. The van der Waals surface area contributed by atoms with Gasteiger partial charge in [-0.2, -0.15) is 0 Å². The number of fused-ring (bicyclic) bond motifs is 1. The van der Waals surface area contributed by atoms with E-state index in [1.807, 2.05) is 0 Å². The van der Waals surface area contributed by atoms with Crippen LogP contribution in [0.5, 0.6) is 0 Å². The monoisotopic (exact) mass is 324 g/mol. The van der Waals surface area contributed by atoms with Crippen molar-refractivity contribution in [1.29, 1.82) is 0 Å². The second kappa shape index (κ2) is 7.80. The smallest absolute Gasteiger partial charge is 0.220 e. The van der Waals surface area contributed by atoms with E-state index in [-0.39, 0.29) is 11.9 Å². The maximum Gasteiger partial charge on any atom is 0.220 e. The third-order valence-corrected chi connectivity index (χ3v) is 5.35. The molecule has 0 aromatic heterocycles. The van der Waals surface area contributed by atoms with Crippen molar-refractivity contribution in [2.24, 2.45) is 11.8 Å². The van der Waals surface area contributed by atoms with Crippen LogP contribution in [0, 0.1) is 11.8 Å². The summed E-state index contributed by atoms with van der Waals surface area (Å²) in [4.78, 5) is 12.4. The summed E-state index contributed by atoms with van der Waals surface area (Å²) in [7, 11) is 0. The summed E-state index contributed by atoms with van der Waals surface area (Å²) >= 11 is 0. The van der Waals surface area contributed by atoms with Crippen LogP contribution in [0.25, 0.3) is 10.8 Å². The molecule has 0 bridgehead atoms. The molecule has 128 valence electrons. The summed E-state index contributed by atoms with van der Waals surface area (Å²) in [5, 5.41) is 9.02. The third kappa shape index (κ3) is 4.15. The van der Waals surface area contributed by atoms with E-state index in [1.165, 1.54) is 23.6 Å². The predicted octanol–water partition coefficient (Wildman–Crippen LogP) is 4.04. The van der Waals surface area contributed by atoms with Gasteiger partial charge in [0.15, 0.2) is 0 Å². The lowest BCUT2D eigenvalue weighted by atomic mass is 9.84. The zero-order valence-corrected chi connectivity index (χ0v) is 14.7. The van der Waals surface area contributed by atoms with E-state index >= 15 is 0 Å². The Hall–Kier alpha value is -1.87. The van der Waals surface area contributed by atoms with Crippen LogP contribution in [0.1, 0.15) is 44.7 Å².